The maximum Gasteiger partial charge on any atom is 0.252 e. The number of amides is 1. The fraction of sp³-hybridized carbons (Fsp3) is 0.643. The van der Waals surface area contributed by atoms with Gasteiger partial charge in [0.25, 0.3) is 5.91 Å². The minimum absolute atomic E-state index is 0.358. The lowest BCUT2D eigenvalue weighted by molar-refractivity contribution is 0.0998. The lowest BCUT2D eigenvalue weighted by Crippen LogP contribution is -2.39. The Bertz CT molecular complexity index is 473. The number of carbonyl (C=O) groups excluding carboxylic acids is 1. The quantitative estimate of drug-likeness (QED) is 0.895. The summed E-state index contributed by atoms with van der Waals surface area (Å²) < 4.78 is 0. The minimum atomic E-state index is -0.462. The lowest BCUT2D eigenvalue weighted by Gasteiger charge is -2.34. The van der Waals surface area contributed by atoms with E-state index in [1.54, 1.807) is 6.20 Å². The van der Waals surface area contributed by atoms with Crippen LogP contribution in [-0.2, 0) is 0 Å². The third kappa shape index (κ3) is 3.10. The van der Waals surface area contributed by atoms with Crippen molar-refractivity contribution in [3.8, 4) is 0 Å². The highest BCUT2D eigenvalue weighted by atomic mass is 16.1. The van der Waals surface area contributed by atoms with Crippen molar-refractivity contribution in [2.45, 2.75) is 45.6 Å². The Balaban J connectivity index is 2.18. The molecule has 1 aromatic rings. The van der Waals surface area contributed by atoms with Crippen molar-refractivity contribution in [3.05, 3.63) is 23.3 Å². The van der Waals surface area contributed by atoms with Crippen LogP contribution in [-0.4, -0.2) is 39.9 Å². The molecule has 1 atom stereocenters. The van der Waals surface area contributed by atoms with Crippen LogP contribution in [0.3, 0.4) is 0 Å². The van der Waals surface area contributed by atoms with E-state index in [9.17, 15) is 4.79 Å². The number of primary amides is 1. The largest absolute Gasteiger partial charge is 0.365 e. The summed E-state index contributed by atoms with van der Waals surface area (Å²) in [5.74, 6) is 0.737. The Morgan fingerprint density at radius 1 is 1.53 bits per heavy atom. The van der Waals surface area contributed by atoms with E-state index < -0.39 is 5.91 Å². The molecule has 5 heteroatoms. The van der Waals surface area contributed by atoms with Crippen molar-refractivity contribution < 1.29 is 4.79 Å². The number of nitrogens with two attached hydrogens (primary N) is 1. The van der Waals surface area contributed by atoms with Crippen LogP contribution in [0.15, 0.2) is 6.20 Å². The van der Waals surface area contributed by atoms with E-state index in [1.165, 1.54) is 6.42 Å². The Hall–Kier alpha value is -1.49. The third-order valence-electron chi connectivity index (χ3n) is 3.81. The minimum Gasteiger partial charge on any atom is -0.365 e. The molecule has 2 N–H and O–H groups in total. The van der Waals surface area contributed by atoms with Crippen molar-refractivity contribution in [2.75, 3.05) is 13.1 Å². The summed E-state index contributed by atoms with van der Waals surface area (Å²) >= 11 is 0. The number of aryl methyl sites for hydroxylation is 1. The second-order valence-electron chi connectivity index (χ2n) is 5.52. The van der Waals surface area contributed by atoms with Gasteiger partial charge in [-0.25, -0.2) is 9.97 Å². The van der Waals surface area contributed by atoms with E-state index in [-0.39, 0.29) is 0 Å². The first-order valence-corrected chi connectivity index (χ1v) is 6.86. The normalized spacial score (nSPS) is 20.7. The summed E-state index contributed by atoms with van der Waals surface area (Å²) in [6.45, 7) is 8.38. The van der Waals surface area contributed by atoms with E-state index in [0.717, 1.165) is 25.3 Å². The van der Waals surface area contributed by atoms with Crippen LogP contribution in [0.1, 0.15) is 54.5 Å². The zero-order valence-corrected chi connectivity index (χ0v) is 11.9. The van der Waals surface area contributed by atoms with Crippen molar-refractivity contribution in [1.29, 1.82) is 0 Å². The highest BCUT2D eigenvalue weighted by Crippen LogP contribution is 2.25. The topological polar surface area (TPSA) is 72.1 Å². The number of rotatable bonds is 3. The standard InChI is InChI=1S/C14H22N4O/c1-9(2)18-6-4-5-11(8-18)14-16-7-12(13(15)19)10(3)17-14/h7,9,11H,4-6,8H2,1-3H3,(H2,15,19)/t11-/m0/s1. The monoisotopic (exact) mass is 262 g/mol. The molecular formula is C14H22N4O. The van der Waals surface area contributed by atoms with Crippen LogP contribution in [0, 0.1) is 6.92 Å². The van der Waals surface area contributed by atoms with Crippen LogP contribution in [0.5, 0.6) is 0 Å². The van der Waals surface area contributed by atoms with E-state index >= 15 is 0 Å². The molecule has 104 valence electrons. The molecule has 0 radical (unpaired) electrons. The Morgan fingerprint density at radius 2 is 2.26 bits per heavy atom. The van der Waals surface area contributed by atoms with Gasteiger partial charge in [-0.1, -0.05) is 0 Å². The molecule has 1 amide bonds. The summed E-state index contributed by atoms with van der Waals surface area (Å²) in [4.78, 5) is 22.5. The van der Waals surface area contributed by atoms with Gasteiger partial charge in [0.2, 0.25) is 0 Å². The number of hydrogen-bond donors (Lipinski definition) is 1. The SMILES string of the molecule is Cc1nc([C@H]2CCCN(C(C)C)C2)ncc1C(N)=O. The second-order valence-corrected chi connectivity index (χ2v) is 5.52. The molecule has 0 aliphatic carbocycles. The predicted octanol–water partition coefficient (Wildman–Crippen LogP) is 1.47. The first-order valence-electron chi connectivity index (χ1n) is 6.86. The summed E-state index contributed by atoms with van der Waals surface area (Å²) in [5, 5.41) is 0. The predicted molar refractivity (Wildman–Crippen MR) is 74.0 cm³/mol. The van der Waals surface area contributed by atoms with E-state index in [2.05, 4.69) is 28.7 Å². The third-order valence-corrected chi connectivity index (χ3v) is 3.81. The van der Waals surface area contributed by atoms with Crippen LogP contribution in [0.4, 0.5) is 0 Å². The average molecular weight is 262 g/mol. The number of nitrogens with zero attached hydrogens (tertiary/aromatic N) is 3. The summed E-state index contributed by atoms with van der Waals surface area (Å²) in [6.07, 6.45) is 3.84. The molecule has 19 heavy (non-hydrogen) atoms. The maximum atomic E-state index is 11.2. The Morgan fingerprint density at radius 3 is 2.84 bits per heavy atom. The Kier molecular flexibility index (Phi) is 4.14. The number of piperidine rings is 1. The summed E-state index contributed by atoms with van der Waals surface area (Å²) in [7, 11) is 0. The van der Waals surface area contributed by atoms with E-state index in [4.69, 9.17) is 5.73 Å². The van der Waals surface area contributed by atoms with Gasteiger partial charge in [0.1, 0.15) is 5.82 Å². The molecule has 5 nitrogen and oxygen atoms in total. The lowest BCUT2D eigenvalue weighted by atomic mass is 9.96. The molecular weight excluding hydrogens is 240 g/mol. The van der Waals surface area contributed by atoms with Crippen LogP contribution < -0.4 is 5.73 Å². The summed E-state index contributed by atoms with van der Waals surface area (Å²) in [6, 6.07) is 0.550. The molecule has 0 spiro atoms. The second kappa shape index (κ2) is 5.65. The molecule has 0 saturated carbocycles. The van der Waals surface area contributed by atoms with Crippen molar-refractivity contribution >= 4 is 5.91 Å². The molecule has 1 saturated heterocycles. The fourth-order valence-electron chi connectivity index (χ4n) is 2.61. The molecule has 2 rings (SSSR count). The van der Waals surface area contributed by atoms with E-state index in [0.29, 0.717) is 23.2 Å². The van der Waals surface area contributed by atoms with Gasteiger partial charge in [-0.2, -0.15) is 0 Å². The first kappa shape index (κ1) is 13.9. The van der Waals surface area contributed by atoms with Gasteiger partial charge >= 0.3 is 0 Å². The smallest absolute Gasteiger partial charge is 0.252 e. The molecule has 1 fully saturated rings. The zero-order chi connectivity index (χ0) is 14.0. The van der Waals surface area contributed by atoms with Gasteiger partial charge < -0.3 is 10.6 Å². The van der Waals surface area contributed by atoms with Crippen LogP contribution in [0.2, 0.25) is 0 Å². The van der Waals surface area contributed by atoms with Gasteiger partial charge in [-0.05, 0) is 40.2 Å². The van der Waals surface area contributed by atoms with Crippen molar-refractivity contribution in [2.24, 2.45) is 5.73 Å². The molecule has 0 unspecified atom stereocenters. The summed E-state index contributed by atoms with van der Waals surface area (Å²) in [5.41, 5.74) is 6.37. The van der Waals surface area contributed by atoms with Gasteiger partial charge in [0.15, 0.2) is 0 Å². The molecule has 1 aliphatic rings. The molecule has 0 bridgehead atoms. The fourth-order valence-corrected chi connectivity index (χ4v) is 2.61. The van der Waals surface area contributed by atoms with Crippen LogP contribution in [0.25, 0.3) is 0 Å². The molecule has 0 aromatic carbocycles. The average Bonchev–Trinajstić information content (AvgIpc) is 2.38. The zero-order valence-electron chi connectivity index (χ0n) is 11.9. The molecule has 1 aromatic heterocycles. The number of likely N-dealkylation sites (tertiary alicyclic amines) is 1. The van der Waals surface area contributed by atoms with Gasteiger partial charge in [0.05, 0.1) is 11.3 Å². The van der Waals surface area contributed by atoms with Crippen LogP contribution >= 0.6 is 0 Å². The van der Waals surface area contributed by atoms with Gasteiger partial charge in [-0.15, -0.1) is 0 Å². The van der Waals surface area contributed by atoms with Gasteiger partial charge in [0, 0.05) is 24.7 Å². The number of aromatic nitrogens is 2. The van der Waals surface area contributed by atoms with Crippen molar-refractivity contribution in [3.63, 3.8) is 0 Å². The number of carbonyl (C=O) groups is 1. The first-order chi connectivity index (χ1) is 8.99. The number of hydrogen-bond acceptors (Lipinski definition) is 4. The van der Waals surface area contributed by atoms with Crippen molar-refractivity contribution in [1.82, 2.24) is 14.9 Å². The van der Waals surface area contributed by atoms with E-state index in [1.807, 2.05) is 6.92 Å². The van der Waals surface area contributed by atoms with Gasteiger partial charge in [-0.3, -0.25) is 4.79 Å². The Labute approximate surface area is 114 Å². The molecule has 2 heterocycles. The highest BCUT2D eigenvalue weighted by molar-refractivity contribution is 5.93. The molecule has 1 aliphatic heterocycles. The highest BCUT2D eigenvalue weighted by Gasteiger charge is 2.25. The maximum absolute atomic E-state index is 11.2.